The Morgan fingerprint density at radius 1 is 1.03 bits per heavy atom. The Labute approximate surface area is 177 Å². The molecular formula is C25H28N2OS. The Kier molecular flexibility index (Phi) is 4.70. The molecule has 1 atom stereocenters. The van der Waals surface area contributed by atoms with Crippen molar-refractivity contribution in [2.45, 2.75) is 56.4 Å². The highest BCUT2D eigenvalue weighted by atomic mass is 32.2. The van der Waals surface area contributed by atoms with Crippen LogP contribution in [0.15, 0.2) is 58.6 Å². The summed E-state index contributed by atoms with van der Waals surface area (Å²) in [4.78, 5) is 14.8. The van der Waals surface area contributed by atoms with Gasteiger partial charge in [-0.15, -0.1) is 11.8 Å². The quantitative estimate of drug-likeness (QED) is 0.563. The van der Waals surface area contributed by atoms with Crippen LogP contribution in [0.2, 0.25) is 0 Å². The molecule has 0 radical (unpaired) electrons. The van der Waals surface area contributed by atoms with E-state index in [2.05, 4.69) is 66.3 Å². The van der Waals surface area contributed by atoms with Crippen molar-refractivity contribution in [2.24, 2.45) is 5.41 Å². The SMILES string of the molecule is CSc1ccccc1C1Nc2cc(C)ccc2NC2=C1C(=O)CC1(CCCC1)C2. The highest BCUT2D eigenvalue weighted by Crippen LogP contribution is 2.53. The molecular weight excluding hydrogens is 376 g/mol. The summed E-state index contributed by atoms with van der Waals surface area (Å²) >= 11 is 1.75. The Morgan fingerprint density at radius 3 is 2.62 bits per heavy atom. The van der Waals surface area contributed by atoms with E-state index in [4.69, 9.17) is 0 Å². The van der Waals surface area contributed by atoms with E-state index in [0.29, 0.717) is 12.2 Å². The highest BCUT2D eigenvalue weighted by molar-refractivity contribution is 7.98. The van der Waals surface area contributed by atoms with Gasteiger partial charge in [-0.25, -0.2) is 0 Å². The maximum absolute atomic E-state index is 13.6. The minimum absolute atomic E-state index is 0.115. The molecule has 1 spiro atoms. The molecule has 1 saturated carbocycles. The number of ketones is 1. The van der Waals surface area contributed by atoms with Crippen molar-refractivity contribution in [3.05, 3.63) is 64.9 Å². The molecule has 2 aliphatic carbocycles. The van der Waals surface area contributed by atoms with Crippen LogP contribution in [0.1, 0.15) is 55.7 Å². The maximum Gasteiger partial charge on any atom is 0.163 e. The van der Waals surface area contributed by atoms with Crippen molar-refractivity contribution in [1.82, 2.24) is 0 Å². The van der Waals surface area contributed by atoms with E-state index in [1.165, 1.54) is 41.7 Å². The number of allylic oxidation sites excluding steroid dienone is 1. The molecule has 3 aliphatic rings. The molecule has 5 rings (SSSR count). The average molecular weight is 405 g/mol. The summed E-state index contributed by atoms with van der Waals surface area (Å²) in [6.07, 6.45) is 8.65. The lowest BCUT2D eigenvalue weighted by atomic mass is 9.70. The molecule has 2 aromatic rings. The summed E-state index contributed by atoms with van der Waals surface area (Å²) in [5.41, 5.74) is 6.82. The topological polar surface area (TPSA) is 41.1 Å². The van der Waals surface area contributed by atoms with Gasteiger partial charge >= 0.3 is 0 Å². The van der Waals surface area contributed by atoms with Gasteiger partial charge in [-0.3, -0.25) is 4.79 Å². The van der Waals surface area contributed by atoms with Crippen molar-refractivity contribution in [3.63, 3.8) is 0 Å². The number of hydrogen-bond donors (Lipinski definition) is 2. The molecule has 0 aromatic heterocycles. The first kappa shape index (κ1) is 18.8. The minimum Gasteiger partial charge on any atom is -0.372 e. The molecule has 2 N–H and O–H groups in total. The van der Waals surface area contributed by atoms with Gasteiger partial charge in [0.15, 0.2) is 5.78 Å². The Hall–Kier alpha value is -2.20. The first-order valence-electron chi connectivity index (χ1n) is 10.6. The molecule has 0 bridgehead atoms. The maximum atomic E-state index is 13.6. The predicted octanol–water partition coefficient (Wildman–Crippen LogP) is 6.47. The second kappa shape index (κ2) is 7.24. The monoisotopic (exact) mass is 404 g/mol. The van der Waals surface area contributed by atoms with Crippen LogP contribution in [-0.4, -0.2) is 12.0 Å². The van der Waals surface area contributed by atoms with E-state index in [1.54, 1.807) is 11.8 Å². The van der Waals surface area contributed by atoms with Crippen molar-refractivity contribution < 1.29 is 4.79 Å². The van der Waals surface area contributed by atoms with E-state index < -0.39 is 0 Å². The van der Waals surface area contributed by atoms with E-state index in [9.17, 15) is 4.79 Å². The zero-order valence-electron chi connectivity index (χ0n) is 17.2. The van der Waals surface area contributed by atoms with Crippen LogP contribution in [0.3, 0.4) is 0 Å². The first-order valence-corrected chi connectivity index (χ1v) is 11.8. The third-order valence-electron chi connectivity index (χ3n) is 6.88. The van der Waals surface area contributed by atoms with Crippen LogP contribution in [0.4, 0.5) is 11.4 Å². The summed E-state index contributed by atoms with van der Waals surface area (Å²) in [5, 5.41) is 7.44. The van der Waals surface area contributed by atoms with Gasteiger partial charge in [0.25, 0.3) is 0 Å². The fourth-order valence-corrected chi connectivity index (χ4v) is 6.11. The Morgan fingerprint density at radius 2 is 1.83 bits per heavy atom. The molecule has 3 nitrogen and oxygen atoms in total. The Bertz CT molecular complexity index is 1000. The zero-order valence-corrected chi connectivity index (χ0v) is 18.0. The molecule has 150 valence electrons. The number of fused-ring (bicyclic) bond motifs is 1. The van der Waals surface area contributed by atoms with E-state index in [-0.39, 0.29) is 11.5 Å². The minimum atomic E-state index is -0.115. The van der Waals surface area contributed by atoms with Crippen molar-refractivity contribution in [2.75, 3.05) is 16.9 Å². The summed E-state index contributed by atoms with van der Waals surface area (Å²) in [6.45, 7) is 2.11. The molecule has 4 heteroatoms. The molecule has 1 unspecified atom stereocenters. The van der Waals surface area contributed by atoms with E-state index in [1.807, 2.05) is 0 Å². The lowest BCUT2D eigenvalue weighted by Gasteiger charge is -2.37. The van der Waals surface area contributed by atoms with Crippen LogP contribution in [0.5, 0.6) is 0 Å². The number of aryl methyl sites for hydroxylation is 1. The molecule has 0 saturated heterocycles. The van der Waals surface area contributed by atoms with Gasteiger partial charge in [0, 0.05) is 22.6 Å². The predicted molar refractivity (Wildman–Crippen MR) is 122 cm³/mol. The Balaban J connectivity index is 1.68. The largest absolute Gasteiger partial charge is 0.372 e. The number of carbonyl (C=O) groups is 1. The van der Waals surface area contributed by atoms with Gasteiger partial charge in [0.05, 0.1) is 17.4 Å². The molecule has 2 aromatic carbocycles. The first-order chi connectivity index (χ1) is 14.1. The summed E-state index contributed by atoms with van der Waals surface area (Å²) in [7, 11) is 0. The number of Topliss-reactive ketones (excluding diaryl/α,β-unsaturated/α-hetero) is 1. The molecule has 1 heterocycles. The summed E-state index contributed by atoms with van der Waals surface area (Å²) < 4.78 is 0. The van der Waals surface area contributed by atoms with Gasteiger partial charge in [-0.2, -0.15) is 0 Å². The smallest absolute Gasteiger partial charge is 0.163 e. The van der Waals surface area contributed by atoms with Crippen LogP contribution >= 0.6 is 11.8 Å². The van der Waals surface area contributed by atoms with Gasteiger partial charge in [0.1, 0.15) is 0 Å². The lowest BCUT2D eigenvalue weighted by Crippen LogP contribution is -2.33. The van der Waals surface area contributed by atoms with Gasteiger partial charge in [0.2, 0.25) is 0 Å². The van der Waals surface area contributed by atoms with Crippen molar-refractivity contribution in [1.29, 1.82) is 0 Å². The fraction of sp³-hybridized carbons (Fsp3) is 0.400. The van der Waals surface area contributed by atoms with Gasteiger partial charge in [-0.05, 0) is 67.2 Å². The summed E-state index contributed by atoms with van der Waals surface area (Å²) in [5.74, 6) is 0.318. The second-order valence-corrected chi connectivity index (χ2v) is 9.72. The standard InChI is InChI=1S/C25H28N2OS/c1-16-9-10-18-19(13-16)27-24(17-7-3-4-8-22(17)29-2)23-20(26-18)14-25(15-21(23)28)11-5-6-12-25/h3-4,7-10,13,24,26-27H,5-6,11-12,14-15H2,1-2H3. The van der Waals surface area contributed by atoms with E-state index >= 15 is 0 Å². The average Bonchev–Trinajstić information content (AvgIpc) is 3.08. The number of rotatable bonds is 2. The number of hydrogen-bond acceptors (Lipinski definition) is 4. The zero-order chi connectivity index (χ0) is 20.0. The van der Waals surface area contributed by atoms with Gasteiger partial charge in [-0.1, -0.05) is 37.1 Å². The lowest BCUT2D eigenvalue weighted by molar-refractivity contribution is -0.118. The number of anilines is 2. The van der Waals surface area contributed by atoms with Crippen LogP contribution in [0, 0.1) is 12.3 Å². The van der Waals surface area contributed by atoms with Crippen LogP contribution in [-0.2, 0) is 4.79 Å². The number of nitrogens with one attached hydrogen (secondary N) is 2. The second-order valence-electron chi connectivity index (χ2n) is 8.87. The highest BCUT2D eigenvalue weighted by Gasteiger charge is 2.44. The van der Waals surface area contributed by atoms with Gasteiger partial charge < -0.3 is 10.6 Å². The third-order valence-corrected chi connectivity index (χ3v) is 7.69. The third kappa shape index (κ3) is 3.28. The normalized spacial score (nSPS) is 22.6. The number of thioether (sulfide) groups is 1. The van der Waals surface area contributed by atoms with Crippen molar-refractivity contribution >= 4 is 28.9 Å². The van der Waals surface area contributed by atoms with Crippen molar-refractivity contribution in [3.8, 4) is 0 Å². The van der Waals surface area contributed by atoms with Crippen LogP contribution in [0.25, 0.3) is 0 Å². The molecule has 29 heavy (non-hydrogen) atoms. The number of carbonyl (C=O) groups excluding carboxylic acids is 1. The number of benzene rings is 2. The molecule has 1 aliphatic heterocycles. The summed E-state index contributed by atoms with van der Waals surface area (Å²) in [6, 6.07) is 14.8. The molecule has 0 amide bonds. The fourth-order valence-electron chi connectivity index (χ4n) is 5.48. The molecule has 1 fully saturated rings. The van der Waals surface area contributed by atoms with E-state index in [0.717, 1.165) is 29.1 Å². The van der Waals surface area contributed by atoms with Crippen LogP contribution < -0.4 is 10.6 Å².